The Morgan fingerprint density at radius 3 is 2.85 bits per heavy atom. The second kappa shape index (κ2) is 10.4. The molecular formula is C31H36N4O5. The molecule has 2 aromatic carbocycles. The molecule has 6 bridgehead atoms. The minimum Gasteiger partial charge on any atom is -0.493 e. The van der Waals surface area contributed by atoms with E-state index in [1.165, 1.54) is 0 Å². The third kappa shape index (κ3) is 4.57. The molecule has 5 aliphatic rings. The van der Waals surface area contributed by atoms with E-state index in [0.29, 0.717) is 49.4 Å². The number of rotatable bonds is 3. The Morgan fingerprint density at radius 1 is 1.23 bits per heavy atom. The van der Waals surface area contributed by atoms with Gasteiger partial charge in [0.15, 0.2) is 5.96 Å². The minimum atomic E-state index is -0.719. The van der Waals surface area contributed by atoms with Gasteiger partial charge >= 0.3 is 0 Å². The second-order valence-corrected chi connectivity index (χ2v) is 11.3. The number of amides is 2. The van der Waals surface area contributed by atoms with E-state index in [-0.39, 0.29) is 30.1 Å². The number of benzene rings is 2. The Labute approximate surface area is 234 Å². The molecule has 1 aliphatic carbocycles. The number of hydrogen-bond acceptors (Lipinski definition) is 7. The monoisotopic (exact) mass is 544 g/mol. The minimum absolute atomic E-state index is 0.0948. The molecule has 0 spiro atoms. The molecule has 0 saturated heterocycles. The van der Waals surface area contributed by atoms with Crippen molar-refractivity contribution in [3.8, 4) is 5.75 Å². The predicted molar refractivity (Wildman–Crippen MR) is 151 cm³/mol. The number of hydrogen-bond donors (Lipinski definition) is 3. The van der Waals surface area contributed by atoms with E-state index in [4.69, 9.17) is 20.2 Å². The highest BCUT2D eigenvalue weighted by Gasteiger charge is 2.45. The molecule has 5 atom stereocenters. The van der Waals surface area contributed by atoms with Crippen molar-refractivity contribution in [3.05, 3.63) is 70.3 Å². The first-order valence-electron chi connectivity index (χ1n) is 14.0. The van der Waals surface area contributed by atoms with Crippen LogP contribution in [0.2, 0.25) is 0 Å². The SMILES string of the molecule is CC[C@@]12CC/C=C\c3ccc4c(c3)[C@@H](NC(=O)c3ccc5c(c3)[C@@H]([C@H](COC)CO5)N(C(=O)C1)C(N)=N2)[C@H](O)C4. The second-order valence-electron chi connectivity index (χ2n) is 11.3. The number of allylic oxidation sites excluding steroid dienone is 1. The molecule has 2 amide bonds. The fourth-order valence-electron chi connectivity index (χ4n) is 6.66. The molecule has 0 aromatic heterocycles. The van der Waals surface area contributed by atoms with Crippen LogP contribution in [0.3, 0.4) is 0 Å². The number of aliphatic hydroxyl groups is 1. The lowest BCUT2D eigenvalue weighted by Crippen LogP contribution is -2.55. The smallest absolute Gasteiger partial charge is 0.251 e. The fraction of sp³-hybridized carbons (Fsp3) is 0.452. The topological polar surface area (TPSA) is 126 Å². The summed E-state index contributed by atoms with van der Waals surface area (Å²) in [6.45, 7) is 2.73. The maximum absolute atomic E-state index is 13.9. The van der Waals surface area contributed by atoms with Crippen LogP contribution >= 0.6 is 0 Å². The zero-order valence-electron chi connectivity index (χ0n) is 22.9. The largest absolute Gasteiger partial charge is 0.493 e. The van der Waals surface area contributed by atoms with E-state index in [1.807, 2.05) is 31.2 Å². The average Bonchev–Trinajstić information content (AvgIpc) is 3.25. The van der Waals surface area contributed by atoms with Gasteiger partial charge in [-0.15, -0.1) is 0 Å². The number of fused-ring (bicyclic) bond motifs is 4. The molecule has 0 radical (unpaired) electrons. The number of carbonyl (C=O) groups excluding carboxylic acids is 2. The van der Waals surface area contributed by atoms with Crippen LogP contribution < -0.4 is 15.8 Å². The summed E-state index contributed by atoms with van der Waals surface area (Å²) in [6, 6.07) is 10.3. The summed E-state index contributed by atoms with van der Waals surface area (Å²) in [5.74, 6) is 0.162. The van der Waals surface area contributed by atoms with Crippen LogP contribution in [0.1, 0.15) is 77.3 Å². The van der Waals surface area contributed by atoms with E-state index >= 15 is 0 Å². The molecule has 4 N–H and O–H groups in total. The number of ether oxygens (including phenoxy) is 2. The average molecular weight is 545 g/mol. The van der Waals surface area contributed by atoms with Crippen molar-refractivity contribution in [3.63, 3.8) is 0 Å². The van der Waals surface area contributed by atoms with Gasteiger partial charge in [0.1, 0.15) is 5.75 Å². The molecular weight excluding hydrogens is 508 g/mol. The molecule has 7 rings (SSSR count). The number of carbonyl (C=O) groups is 2. The Hall–Kier alpha value is -3.69. The zero-order chi connectivity index (χ0) is 28.0. The Balaban J connectivity index is 1.48. The Morgan fingerprint density at radius 2 is 2.08 bits per heavy atom. The van der Waals surface area contributed by atoms with Crippen LogP contribution in [-0.4, -0.2) is 59.7 Å². The fourth-order valence-corrected chi connectivity index (χ4v) is 6.66. The van der Waals surface area contributed by atoms with Gasteiger partial charge in [-0.2, -0.15) is 0 Å². The summed E-state index contributed by atoms with van der Waals surface area (Å²) in [6.07, 6.45) is 6.26. The maximum atomic E-state index is 13.9. The first-order chi connectivity index (χ1) is 19.3. The van der Waals surface area contributed by atoms with Crippen molar-refractivity contribution in [2.24, 2.45) is 16.6 Å². The van der Waals surface area contributed by atoms with Gasteiger partial charge in [-0.3, -0.25) is 14.5 Å². The van der Waals surface area contributed by atoms with E-state index in [0.717, 1.165) is 23.1 Å². The molecule has 4 heterocycles. The summed E-state index contributed by atoms with van der Waals surface area (Å²) in [5, 5.41) is 13.9. The highest BCUT2D eigenvalue weighted by atomic mass is 16.5. The van der Waals surface area contributed by atoms with Gasteiger partial charge in [-0.25, -0.2) is 4.99 Å². The van der Waals surface area contributed by atoms with Gasteiger partial charge in [0.25, 0.3) is 5.91 Å². The van der Waals surface area contributed by atoms with Crippen molar-refractivity contribution in [2.45, 2.75) is 62.8 Å². The van der Waals surface area contributed by atoms with Crippen molar-refractivity contribution >= 4 is 23.8 Å². The maximum Gasteiger partial charge on any atom is 0.251 e. The van der Waals surface area contributed by atoms with Gasteiger partial charge in [0.05, 0.1) is 43.4 Å². The number of aliphatic hydroxyl groups excluding tert-OH is 1. The molecule has 210 valence electrons. The first kappa shape index (κ1) is 26.5. The summed E-state index contributed by atoms with van der Waals surface area (Å²) in [4.78, 5) is 34.0. The van der Waals surface area contributed by atoms with Crippen LogP contribution in [0.5, 0.6) is 5.75 Å². The summed E-state index contributed by atoms with van der Waals surface area (Å²) in [5.41, 5.74) is 10.1. The summed E-state index contributed by atoms with van der Waals surface area (Å²) < 4.78 is 11.6. The van der Waals surface area contributed by atoms with Crippen LogP contribution in [0, 0.1) is 5.92 Å². The molecule has 4 aliphatic heterocycles. The lowest BCUT2D eigenvalue weighted by atomic mass is 9.83. The quantitative estimate of drug-likeness (QED) is 0.545. The third-order valence-electron chi connectivity index (χ3n) is 8.85. The molecule has 9 nitrogen and oxygen atoms in total. The van der Waals surface area contributed by atoms with Crippen LogP contribution in [-0.2, 0) is 16.0 Å². The number of nitrogens with one attached hydrogen (secondary N) is 1. The van der Waals surface area contributed by atoms with Crippen LogP contribution in [0.15, 0.2) is 47.5 Å². The van der Waals surface area contributed by atoms with E-state index in [2.05, 4.69) is 11.4 Å². The molecule has 40 heavy (non-hydrogen) atoms. The Bertz CT molecular complexity index is 1400. The van der Waals surface area contributed by atoms with Crippen molar-refractivity contribution in [1.29, 1.82) is 0 Å². The molecule has 0 fully saturated rings. The molecule has 2 aromatic rings. The molecule has 0 unspecified atom stereocenters. The highest BCUT2D eigenvalue weighted by Crippen LogP contribution is 2.43. The van der Waals surface area contributed by atoms with Gasteiger partial charge in [-0.1, -0.05) is 31.2 Å². The van der Waals surface area contributed by atoms with Crippen LogP contribution in [0.25, 0.3) is 6.08 Å². The summed E-state index contributed by atoms with van der Waals surface area (Å²) in [7, 11) is 1.61. The summed E-state index contributed by atoms with van der Waals surface area (Å²) >= 11 is 0. The standard InChI is InChI=1S/C31H36N4O5/c1-3-31-11-5-4-6-18-7-8-19-14-24(36)27(22(19)12-18)33-29(38)20-9-10-25-23(13-20)28(21(16-39-2)17-40-25)35(26(37)15-31)30(32)34-31/h4,6-10,12-13,21,24,27-28,36H,3,5,11,14-17H2,1-2H3,(H2,32,34)(H,33,38)/b6-4-/t21-,24-,27-,28-,31-/m1/s1. The van der Waals surface area contributed by atoms with Gasteiger partial charge in [0, 0.05) is 30.6 Å². The molecule has 9 heteroatoms. The van der Waals surface area contributed by atoms with E-state index in [1.54, 1.807) is 30.2 Å². The van der Waals surface area contributed by atoms with Gasteiger partial charge in [0.2, 0.25) is 5.91 Å². The van der Waals surface area contributed by atoms with Crippen molar-refractivity contribution in [1.82, 2.24) is 10.2 Å². The molecule has 0 saturated carbocycles. The van der Waals surface area contributed by atoms with Crippen molar-refractivity contribution in [2.75, 3.05) is 20.3 Å². The number of nitrogens with zero attached hydrogens (tertiary/aromatic N) is 2. The first-order valence-corrected chi connectivity index (χ1v) is 14.0. The number of aliphatic imine (C=N–C) groups is 1. The van der Waals surface area contributed by atoms with Gasteiger partial charge in [-0.05, 0) is 60.2 Å². The predicted octanol–water partition coefficient (Wildman–Crippen LogP) is 3.27. The van der Waals surface area contributed by atoms with Crippen molar-refractivity contribution < 1.29 is 24.2 Å². The Kier molecular flexibility index (Phi) is 6.88. The van der Waals surface area contributed by atoms with E-state index in [9.17, 15) is 14.7 Å². The number of guanidine groups is 1. The van der Waals surface area contributed by atoms with E-state index < -0.39 is 23.7 Å². The lowest BCUT2D eigenvalue weighted by molar-refractivity contribution is -0.133. The van der Waals surface area contributed by atoms with Gasteiger partial charge < -0.3 is 25.6 Å². The highest BCUT2D eigenvalue weighted by molar-refractivity contribution is 6.00. The lowest BCUT2D eigenvalue weighted by Gasteiger charge is -2.44. The third-order valence-corrected chi connectivity index (χ3v) is 8.85. The normalized spacial score (nSPS) is 30.2. The zero-order valence-corrected chi connectivity index (χ0v) is 22.9. The number of methoxy groups -OCH3 is 1. The number of nitrogens with two attached hydrogens (primary N) is 1. The van der Waals surface area contributed by atoms with Crippen LogP contribution in [0.4, 0.5) is 0 Å².